The van der Waals surface area contributed by atoms with Gasteiger partial charge in [0.25, 0.3) is 0 Å². The Morgan fingerprint density at radius 2 is 2.05 bits per heavy atom. The minimum atomic E-state index is 0.334. The zero-order chi connectivity index (χ0) is 14.0. The SMILES string of the molecule is CC(C)c1nn(C)c(SCc2ccccc2Cl)c1N. The second kappa shape index (κ2) is 5.88. The Balaban J connectivity index is 2.19. The molecule has 1 aromatic heterocycles. The number of halogens is 1. The molecule has 5 heteroatoms. The summed E-state index contributed by atoms with van der Waals surface area (Å²) in [6.07, 6.45) is 0. The van der Waals surface area contributed by atoms with Crippen LogP contribution in [0.15, 0.2) is 29.3 Å². The smallest absolute Gasteiger partial charge is 0.117 e. The average molecular weight is 296 g/mol. The van der Waals surface area contributed by atoms with Gasteiger partial charge in [-0.25, -0.2) is 0 Å². The summed E-state index contributed by atoms with van der Waals surface area (Å²) < 4.78 is 1.85. The first kappa shape index (κ1) is 14.3. The van der Waals surface area contributed by atoms with Crippen molar-refractivity contribution >= 4 is 29.1 Å². The quantitative estimate of drug-likeness (QED) is 0.865. The Morgan fingerprint density at radius 1 is 1.37 bits per heavy atom. The van der Waals surface area contributed by atoms with Crippen molar-refractivity contribution in [1.29, 1.82) is 0 Å². The van der Waals surface area contributed by atoms with E-state index in [1.807, 2.05) is 36.0 Å². The molecule has 19 heavy (non-hydrogen) atoms. The van der Waals surface area contributed by atoms with Gasteiger partial charge in [-0.15, -0.1) is 0 Å². The third kappa shape index (κ3) is 3.07. The summed E-state index contributed by atoms with van der Waals surface area (Å²) in [7, 11) is 1.93. The van der Waals surface area contributed by atoms with Crippen molar-refractivity contribution in [3.63, 3.8) is 0 Å². The first-order valence-corrected chi connectivity index (χ1v) is 7.55. The summed E-state index contributed by atoms with van der Waals surface area (Å²) in [5.41, 5.74) is 9.03. The van der Waals surface area contributed by atoms with Gasteiger partial charge in [-0.05, 0) is 17.5 Å². The van der Waals surface area contributed by atoms with Gasteiger partial charge in [-0.3, -0.25) is 4.68 Å². The van der Waals surface area contributed by atoms with Gasteiger partial charge >= 0.3 is 0 Å². The van der Waals surface area contributed by atoms with Gasteiger partial charge in [-0.1, -0.05) is 55.4 Å². The van der Waals surface area contributed by atoms with Crippen LogP contribution in [-0.2, 0) is 12.8 Å². The number of nitrogen functional groups attached to an aromatic ring is 1. The number of nitrogens with two attached hydrogens (primary N) is 1. The predicted molar refractivity (Wildman–Crippen MR) is 82.7 cm³/mol. The van der Waals surface area contributed by atoms with Crippen LogP contribution < -0.4 is 5.73 Å². The van der Waals surface area contributed by atoms with E-state index in [2.05, 4.69) is 18.9 Å². The molecule has 0 aliphatic heterocycles. The largest absolute Gasteiger partial charge is 0.395 e. The molecule has 0 saturated heterocycles. The number of hydrogen-bond acceptors (Lipinski definition) is 3. The molecular formula is C14H18ClN3S. The topological polar surface area (TPSA) is 43.8 Å². The number of benzene rings is 1. The van der Waals surface area contributed by atoms with Crippen molar-refractivity contribution in [2.75, 3.05) is 5.73 Å². The molecule has 0 bridgehead atoms. The third-order valence-corrected chi connectivity index (χ3v) is 4.51. The molecular weight excluding hydrogens is 278 g/mol. The van der Waals surface area contributed by atoms with Crippen LogP contribution >= 0.6 is 23.4 Å². The number of nitrogens with zero attached hydrogens (tertiary/aromatic N) is 2. The highest BCUT2D eigenvalue weighted by Gasteiger charge is 2.16. The number of anilines is 1. The monoisotopic (exact) mass is 295 g/mol. The molecule has 0 radical (unpaired) electrons. The van der Waals surface area contributed by atoms with E-state index in [1.165, 1.54) is 0 Å². The van der Waals surface area contributed by atoms with Crippen LogP contribution in [0.1, 0.15) is 31.0 Å². The van der Waals surface area contributed by atoms with Crippen molar-refractivity contribution in [1.82, 2.24) is 9.78 Å². The van der Waals surface area contributed by atoms with Gasteiger partial charge in [0, 0.05) is 17.8 Å². The van der Waals surface area contributed by atoms with E-state index >= 15 is 0 Å². The zero-order valence-electron chi connectivity index (χ0n) is 11.4. The lowest BCUT2D eigenvalue weighted by Crippen LogP contribution is -1.95. The van der Waals surface area contributed by atoms with E-state index in [4.69, 9.17) is 17.3 Å². The molecule has 2 rings (SSSR count). The third-order valence-electron chi connectivity index (χ3n) is 2.93. The molecule has 0 unspecified atom stereocenters. The van der Waals surface area contributed by atoms with Gasteiger partial charge in [0.1, 0.15) is 5.03 Å². The fourth-order valence-corrected chi connectivity index (χ4v) is 3.22. The molecule has 0 fully saturated rings. The number of thioether (sulfide) groups is 1. The molecule has 3 nitrogen and oxygen atoms in total. The summed E-state index contributed by atoms with van der Waals surface area (Å²) in [5, 5.41) is 6.28. The van der Waals surface area contributed by atoms with Crippen LogP contribution in [0.25, 0.3) is 0 Å². The normalized spacial score (nSPS) is 11.2. The lowest BCUT2D eigenvalue weighted by atomic mass is 10.1. The maximum absolute atomic E-state index is 6.17. The van der Waals surface area contributed by atoms with E-state index in [9.17, 15) is 0 Å². The fraction of sp³-hybridized carbons (Fsp3) is 0.357. The lowest BCUT2D eigenvalue weighted by molar-refractivity contribution is 0.671. The highest BCUT2D eigenvalue weighted by Crippen LogP contribution is 2.34. The van der Waals surface area contributed by atoms with Crippen LogP contribution in [-0.4, -0.2) is 9.78 Å². The first-order valence-electron chi connectivity index (χ1n) is 6.19. The van der Waals surface area contributed by atoms with Crippen molar-refractivity contribution < 1.29 is 0 Å². The van der Waals surface area contributed by atoms with Crippen molar-refractivity contribution in [3.8, 4) is 0 Å². The Bertz CT molecular complexity index is 578. The Morgan fingerprint density at radius 3 is 2.63 bits per heavy atom. The number of aromatic nitrogens is 2. The minimum absolute atomic E-state index is 0.334. The zero-order valence-corrected chi connectivity index (χ0v) is 12.9. The van der Waals surface area contributed by atoms with Crippen molar-refractivity contribution in [3.05, 3.63) is 40.5 Å². The van der Waals surface area contributed by atoms with Crippen LogP contribution in [0.3, 0.4) is 0 Å². The van der Waals surface area contributed by atoms with Crippen LogP contribution in [0.5, 0.6) is 0 Å². The summed E-state index contributed by atoms with van der Waals surface area (Å²) in [4.78, 5) is 0. The number of rotatable bonds is 4. The first-order chi connectivity index (χ1) is 9.00. The van der Waals surface area contributed by atoms with Crippen molar-refractivity contribution in [2.45, 2.75) is 30.5 Å². The maximum atomic E-state index is 6.17. The summed E-state index contributed by atoms with van der Waals surface area (Å²) >= 11 is 7.83. The number of aryl methyl sites for hydroxylation is 1. The van der Waals surface area contributed by atoms with Crippen LogP contribution in [0.4, 0.5) is 5.69 Å². The van der Waals surface area contributed by atoms with E-state index in [-0.39, 0.29) is 0 Å². The molecule has 0 spiro atoms. The lowest BCUT2D eigenvalue weighted by Gasteiger charge is -2.05. The average Bonchev–Trinajstić information content (AvgIpc) is 2.65. The summed E-state index contributed by atoms with van der Waals surface area (Å²) in [6, 6.07) is 7.87. The standard InChI is InChI=1S/C14H18ClN3S/c1-9(2)13-12(16)14(18(3)17-13)19-8-10-6-4-5-7-11(10)15/h4-7,9H,8,16H2,1-3H3. The van der Waals surface area contributed by atoms with Gasteiger partial charge < -0.3 is 5.73 Å². The maximum Gasteiger partial charge on any atom is 0.117 e. The molecule has 2 N–H and O–H groups in total. The molecule has 0 saturated carbocycles. The van der Waals surface area contributed by atoms with Crippen LogP contribution in [0.2, 0.25) is 5.02 Å². The molecule has 1 heterocycles. The summed E-state index contributed by atoms with van der Waals surface area (Å²) in [5.74, 6) is 1.13. The van der Waals surface area contributed by atoms with Gasteiger partial charge in [0.05, 0.1) is 11.4 Å². The Kier molecular flexibility index (Phi) is 4.42. The minimum Gasteiger partial charge on any atom is -0.395 e. The molecule has 0 aliphatic rings. The second-order valence-electron chi connectivity index (χ2n) is 4.76. The van der Waals surface area contributed by atoms with Crippen LogP contribution in [0, 0.1) is 0 Å². The van der Waals surface area contributed by atoms with Crippen molar-refractivity contribution in [2.24, 2.45) is 7.05 Å². The molecule has 102 valence electrons. The Hall–Kier alpha value is -1.13. The molecule has 0 atom stereocenters. The van der Waals surface area contributed by atoms with Gasteiger partial charge in [-0.2, -0.15) is 5.10 Å². The van der Waals surface area contributed by atoms with E-state index < -0.39 is 0 Å². The molecule has 0 amide bonds. The fourth-order valence-electron chi connectivity index (χ4n) is 1.90. The highest BCUT2D eigenvalue weighted by molar-refractivity contribution is 7.98. The van der Waals surface area contributed by atoms with E-state index in [0.717, 1.165) is 32.7 Å². The highest BCUT2D eigenvalue weighted by atomic mass is 35.5. The number of hydrogen-bond donors (Lipinski definition) is 1. The van der Waals surface area contributed by atoms with Gasteiger partial charge in [0.15, 0.2) is 0 Å². The Labute approximate surface area is 123 Å². The van der Waals surface area contributed by atoms with E-state index in [0.29, 0.717) is 5.92 Å². The second-order valence-corrected chi connectivity index (χ2v) is 6.13. The molecule has 0 aliphatic carbocycles. The summed E-state index contributed by atoms with van der Waals surface area (Å²) in [6.45, 7) is 4.20. The van der Waals surface area contributed by atoms with Gasteiger partial charge in [0.2, 0.25) is 0 Å². The predicted octanol–water partition coefficient (Wildman–Crippen LogP) is 4.07. The molecule has 1 aromatic carbocycles. The molecule has 2 aromatic rings. The van der Waals surface area contributed by atoms with E-state index in [1.54, 1.807) is 11.8 Å².